The van der Waals surface area contributed by atoms with Gasteiger partial charge in [0.15, 0.2) is 0 Å². The van der Waals surface area contributed by atoms with E-state index in [1.165, 1.54) is 12.0 Å². The summed E-state index contributed by atoms with van der Waals surface area (Å²) >= 11 is 0. The fraction of sp³-hybridized carbons (Fsp3) is 0.600. The zero-order valence-electron chi connectivity index (χ0n) is 11.6. The van der Waals surface area contributed by atoms with Gasteiger partial charge in [0.1, 0.15) is 5.75 Å². The molecule has 0 saturated heterocycles. The van der Waals surface area contributed by atoms with Crippen molar-refractivity contribution in [1.82, 2.24) is 0 Å². The number of hydrogen-bond acceptors (Lipinski definition) is 1. The SMILES string of the molecule is CC(Cc1ccc(O)cc1)[NH2+]CCCCCCF.[Cl-]. The van der Waals surface area contributed by atoms with Gasteiger partial charge in [0, 0.05) is 6.42 Å². The average Bonchev–Trinajstić information content (AvgIpc) is 2.36. The van der Waals surface area contributed by atoms with Gasteiger partial charge in [-0.2, -0.15) is 0 Å². The van der Waals surface area contributed by atoms with Crippen LogP contribution in [0.15, 0.2) is 24.3 Å². The molecule has 19 heavy (non-hydrogen) atoms. The van der Waals surface area contributed by atoms with Crippen LogP contribution in [0.1, 0.15) is 38.2 Å². The number of quaternary nitrogens is 1. The summed E-state index contributed by atoms with van der Waals surface area (Å²) in [5.74, 6) is 0.322. The lowest BCUT2D eigenvalue weighted by Gasteiger charge is -2.10. The molecular formula is C15H25ClFNO. The van der Waals surface area contributed by atoms with Crippen LogP contribution in [0.2, 0.25) is 0 Å². The Morgan fingerprint density at radius 1 is 1.11 bits per heavy atom. The molecule has 4 heteroatoms. The molecule has 0 aliphatic carbocycles. The second-order valence-corrected chi connectivity index (χ2v) is 4.98. The quantitative estimate of drug-likeness (QED) is 0.587. The molecule has 3 N–H and O–H groups in total. The highest BCUT2D eigenvalue weighted by atomic mass is 35.5. The number of aromatic hydroxyl groups is 1. The van der Waals surface area contributed by atoms with Crippen molar-refractivity contribution in [2.24, 2.45) is 0 Å². The third kappa shape index (κ3) is 8.84. The molecule has 0 amide bonds. The third-order valence-corrected chi connectivity index (χ3v) is 3.15. The van der Waals surface area contributed by atoms with Crippen LogP contribution in [-0.4, -0.2) is 24.4 Å². The highest BCUT2D eigenvalue weighted by Gasteiger charge is 2.05. The van der Waals surface area contributed by atoms with E-state index in [0.717, 1.165) is 25.8 Å². The predicted octanol–water partition coefficient (Wildman–Crippen LogP) is -0.579. The van der Waals surface area contributed by atoms with Gasteiger partial charge in [-0.3, -0.25) is 4.39 Å². The van der Waals surface area contributed by atoms with Crippen LogP contribution in [0, 0.1) is 0 Å². The fourth-order valence-electron chi connectivity index (χ4n) is 2.08. The summed E-state index contributed by atoms with van der Waals surface area (Å²) in [4.78, 5) is 0. The Morgan fingerprint density at radius 3 is 2.37 bits per heavy atom. The molecule has 1 aromatic carbocycles. The number of benzene rings is 1. The number of nitrogens with two attached hydrogens (primary N) is 1. The van der Waals surface area contributed by atoms with E-state index in [2.05, 4.69) is 12.2 Å². The largest absolute Gasteiger partial charge is 1.00 e. The van der Waals surface area contributed by atoms with E-state index >= 15 is 0 Å². The van der Waals surface area contributed by atoms with Crippen LogP contribution in [-0.2, 0) is 6.42 Å². The van der Waals surface area contributed by atoms with E-state index in [4.69, 9.17) is 0 Å². The molecule has 0 aromatic heterocycles. The van der Waals surface area contributed by atoms with Crippen LogP contribution in [0.4, 0.5) is 4.39 Å². The van der Waals surface area contributed by atoms with Crippen LogP contribution in [0.3, 0.4) is 0 Å². The lowest BCUT2D eigenvalue weighted by atomic mass is 10.1. The molecule has 0 aliphatic rings. The molecule has 0 fully saturated rings. The van der Waals surface area contributed by atoms with Crippen molar-refractivity contribution < 1.29 is 27.2 Å². The van der Waals surface area contributed by atoms with Gasteiger partial charge in [0.25, 0.3) is 0 Å². The van der Waals surface area contributed by atoms with Gasteiger partial charge in [-0.15, -0.1) is 0 Å². The summed E-state index contributed by atoms with van der Waals surface area (Å²) in [7, 11) is 0. The zero-order valence-corrected chi connectivity index (χ0v) is 12.4. The minimum atomic E-state index is -0.180. The third-order valence-electron chi connectivity index (χ3n) is 3.15. The zero-order chi connectivity index (χ0) is 13.2. The maximum absolute atomic E-state index is 11.9. The molecule has 0 saturated carbocycles. The monoisotopic (exact) mass is 289 g/mol. The molecule has 1 atom stereocenters. The number of rotatable bonds is 9. The Hall–Kier alpha value is -0.800. The van der Waals surface area contributed by atoms with E-state index < -0.39 is 0 Å². The summed E-state index contributed by atoms with van der Waals surface area (Å²) in [5.41, 5.74) is 1.26. The first kappa shape index (κ1) is 18.2. The molecule has 1 rings (SSSR count). The Labute approximate surface area is 121 Å². The Bertz CT molecular complexity index is 318. The van der Waals surface area contributed by atoms with Crippen LogP contribution < -0.4 is 17.7 Å². The van der Waals surface area contributed by atoms with Crippen molar-refractivity contribution in [3.63, 3.8) is 0 Å². The van der Waals surface area contributed by atoms with Crippen LogP contribution >= 0.6 is 0 Å². The first-order chi connectivity index (χ1) is 8.72. The van der Waals surface area contributed by atoms with Gasteiger partial charge in [-0.05, 0) is 43.9 Å². The van der Waals surface area contributed by atoms with E-state index in [1.54, 1.807) is 12.1 Å². The summed E-state index contributed by atoms with van der Waals surface area (Å²) in [6.07, 6.45) is 5.04. The van der Waals surface area contributed by atoms with E-state index in [9.17, 15) is 9.50 Å². The van der Waals surface area contributed by atoms with Crippen molar-refractivity contribution in [1.29, 1.82) is 0 Å². The molecule has 110 valence electrons. The van der Waals surface area contributed by atoms with Gasteiger partial charge in [-0.1, -0.05) is 18.6 Å². The molecule has 1 unspecified atom stereocenters. The molecule has 0 bridgehead atoms. The lowest BCUT2D eigenvalue weighted by Crippen LogP contribution is -3.00. The minimum absolute atomic E-state index is 0. The van der Waals surface area contributed by atoms with E-state index in [1.807, 2.05) is 12.1 Å². The fourth-order valence-corrected chi connectivity index (χ4v) is 2.08. The van der Waals surface area contributed by atoms with Crippen molar-refractivity contribution >= 4 is 0 Å². The highest BCUT2D eigenvalue weighted by molar-refractivity contribution is 5.26. The molecule has 0 radical (unpaired) electrons. The van der Waals surface area contributed by atoms with Gasteiger partial charge < -0.3 is 22.8 Å². The predicted molar refractivity (Wildman–Crippen MR) is 72.5 cm³/mol. The number of phenolic OH excluding ortho intramolecular Hbond substituents is 1. The molecule has 1 aromatic rings. The smallest absolute Gasteiger partial charge is 0.115 e. The minimum Gasteiger partial charge on any atom is -1.00 e. The van der Waals surface area contributed by atoms with E-state index in [0.29, 0.717) is 18.2 Å². The molecular weight excluding hydrogens is 265 g/mol. The van der Waals surface area contributed by atoms with Crippen LogP contribution in [0.25, 0.3) is 0 Å². The number of unbranched alkanes of at least 4 members (excludes halogenated alkanes) is 3. The average molecular weight is 290 g/mol. The first-order valence-electron chi connectivity index (χ1n) is 6.89. The van der Waals surface area contributed by atoms with Crippen molar-refractivity contribution in [2.45, 2.75) is 45.1 Å². The summed E-state index contributed by atoms with van der Waals surface area (Å²) in [6, 6.07) is 7.97. The number of phenols is 1. The second-order valence-electron chi connectivity index (χ2n) is 4.98. The molecule has 0 heterocycles. The Morgan fingerprint density at radius 2 is 1.74 bits per heavy atom. The number of halogens is 2. The van der Waals surface area contributed by atoms with Gasteiger partial charge in [0.05, 0.1) is 19.3 Å². The maximum Gasteiger partial charge on any atom is 0.115 e. The summed E-state index contributed by atoms with van der Waals surface area (Å²) < 4.78 is 11.9. The topological polar surface area (TPSA) is 36.8 Å². The van der Waals surface area contributed by atoms with E-state index in [-0.39, 0.29) is 19.1 Å². The van der Waals surface area contributed by atoms with Gasteiger partial charge >= 0.3 is 0 Å². The highest BCUT2D eigenvalue weighted by Crippen LogP contribution is 2.10. The molecule has 2 nitrogen and oxygen atoms in total. The maximum atomic E-state index is 11.9. The molecule has 0 aliphatic heterocycles. The van der Waals surface area contributed by atoms with Crippen molar-refractivity contribution in [3.05, 3.63) is 29.8 Å². The second kappa shape index (κ2) is 11.1. The Kier molecular flexibility index (Phi) is 10.6. The summed E-state index contributed by atoms with van der Waals surface area (Å²) in [5, 5.41) is 11.5. The van der Waals surface area contributed by atoms with Crippen LogP contribution in [0.5, 0.6) is 5.75 Å². The standard InChI is InChI=1S/C15H24FNO.ClH/c1-13(17-11-5-3-2-4-10-16)12-14-6-8-15(18)9-7-14;/h6-9,13,17-18H,2-5,10-12H2,1H3;1H. The first-order valence-corrected chi connectivity index (χ1v) is 6.89. The normalized spacial score (nSPS) is 11.9. The Balaban J connectivity index is 0.00000324. The summed E-state index contributed by atoms with van der Waals surface area (Å²) in [6.45, 7) is 3.15. The van der Waals surface area contributed by atoms with Crippen molar-refractivity contribution in [2.75, 3.05) is 13.2 Å². The molecule has 0 spiro atoms. The number of alkyl halides is 1. The lowest BCUT2D eigenvalue weighted by molar-refractivity contribution is -0.686. The van der Waals surface area contributed by atoms with Gasteiger partial charge in [-0.25, -0.2) is 0 Å². The van der Waals surface area contributed by atoms with Crippen molar-refractivity contribution in [3.8, 4) is 5.75 Å². The van der Waals surface area contributed by atoms with Gasteiger partial charge in [0.2, 0.25) is 0 Å². The number of hydrogen-bond donors (Lipinski definition) is 2.